The van der Waals surface area contributed by atoms with Gasteiger partial charge in [-0.05, 0) is 17.7 Å². The van der Waals surface area contributed by atoms with Crippen molar-refractivity contribution < 1.29 is 12.9 Å². The van der Waals surface area contributed by atoms with E-state index in [0.717, 1.165) is 5.56 Å². The van der Waals surface area contributed by atoms with Crippen molar-refractivity contribution in [3.63, 3.8) is 0 Å². The lowest BCUT2D eigenvalue weighted by Crippen LogP contribution is -2.24. The number of benzene rings is 2. The van der Waals surface area contributed by atoms with Gasteiger partial charge in [0, 0.05) is 5.56 Å². The van der Waals surface area contributed by atoms with Gasteiger partial charge in [-0.3, -0.25) is 0 Å². The van der Waals surface area contributed by atoms with Crippen LogP contribution in [0.1, 0.15) is 11.5 Å². The maximum atomic E-state index is 12.2. The van der Waals surface area contributed by atoms with Crippen molar-refractivity contribution in [1.82, 2.24) is 14.9 Å². The molecule has 2 aromatic carbocycles. The van der Waals surface area contributed by atoms with Crippen LogP contribution >= 0.6 is 23.2 Å². The number of rotatable bonds is 6. The lowest BCUT2D eigenvalue weighted by atomic mass is 10.2. The molecule has 1 aromatic heterocycles. The van der Waals surface area contributed by atoms with Crippen molar-refractivity contribution in [2.45, 2.75) is 12.3 Å². The lowest BCUT2D eigenvalue weighted by molar-refractivity contribution is 0.376. The van der Waals surface area contributed by atoms with Gasteiger partial charge in [-0.25, -0.2) is 13.1 Å². The minimum Gasteiger partial charge on any atom is -0.338 e. The summed E-state index contributed by atoms with van der Waals surface area (Å²) in [5, 5.41) is 4.51. The van der Waals surface area contributed by atoms with E-state index in [1.807, 2.05) is 30.3 Å². The average molecular weight is 398 g/mol. The fraction of sp³-hybridized carbons (Fsp3) is 0.125. The van der Waals surface area contributed by atoms with Gasteiger partial charge in [0.25, 0.3) is 0 Å². The zero-order valence-corrected chi connectivity index (χ0v) is 15.1. The molecule has 0 spiro atoms. The number of halogens is 2. The van der Waals surface area contributed by atoms with Crippen molar-refractivity contribution in [2.75, 3.05) is 0 Å². The predicted octanol–water partition coefficient (Wildman–Crippen LogP) is 3.66. The summed E-state index contributed by atoms with van der Waals surface area (Å²) >= 11 is 11.7. The molecule has 0 amide bonds. The van der Waals surface area contributed by atoms with Crippen molar-refractivity contribution in [1.29, 1.82) is 0 Å². The molecule has 0 atom stereocenters. The van der Waals surface area contributed by atoms with Gasteiger partial charge in [-0.15, -0.1) is 0 Å². The highest BCUT2D eigenvalue weighted by Crippen LogP contribution is 2.23. The van der Waals surface area contributed by atoms with E-state index in [9.17, 15) is 8.42 Å². The Labute approximate surface area is 154 Å². The van der Waals surface area contributed by atoms with E-state index >= 15 is 0 Å². The van der Waals surface area contributed by atoms with Crippen LogP contribution in [-0.2, 0) is 22.3 Å². The summed E-state index contributed by atoms with van der Waals surface area (Å²) < 4.78 is 31.8. The number of nitrogens with zero attached hydrogens (tertiary/aromatic N) is 2. The second-order valence-corrected chi connectivity index (χ2v) is 7.83. The molecule has 1 N–H and O–H groups in total. The summed E-state index contributed by atoms with van der Waals surface area (Å²) in [4.78, 5) is 4.17. The number of sulfonamides is 1. The van der Waals surface area contributed by atoms with E-state index in [1.54, 1.807) is 12.1 Å². The smallest absolute Gasteiger partial charge is 0.242 e. The molecule has 25 heavy (non-hydrogen) atoms. The van der Waals surface area contributed by atoms with Crippen molar-refractivity contribution in [3.05, 3.63) is 70.0 Å². The number of hydrogen-bond donors (Lipinski definition) is 1. The lowest BCUT2D eigenvalue weighted by Gasteiger charge is -2.05. The Morgan fingerprint density at radius 3 is 2.52 bits per heavy atom. The zero-order valence-electron chi connectivity index (χ0n) is 12.8. The standard InChI is InChI=1S/C16H13Cl2N3O3S/c17-13-7-6-11(8-14(13)18)10-25(22,23)19-9-15-20-16(21-24-15)12-4-2-1-3-5-12/h1-8,19H,9-10H2. The van der Waals surface area contributed by atoms with Gasteiger partial charge in [0.05, 0.1) is 22.3 Å². The Morgan fingerprint density at radius 1 is 1.04 bits per heavy atom. The number of hydrogen-bond acceptors (Lipinski definition) is 5. The third kappa shape index (κ3) is 4.79. The van der Waals surface area contributed by atoms with Gasteiger partial charge >= 0.3 is 0 Å². The highest BCUT2D eigenvalue weighted by atomic mass is 35.5. The highest BCUT2D eigenvalue weighted by molar-refractivity contribution is 7.88. The van der Waals surface area contributed by atoms with E-state index in [4.69, 9.17) is 27.7 Å². The van der Waals surface area contributed by atoms with Gasteiger partial charge in [0.2, 0.25) is 21.7 Å². The molecule has 130 valence electrons. The largest absolute Gasteiger partial charge is 0.338 e. The van der Waals surface area contributed by atoms with Crippen molar-refractivity contribution in [2.24, 2.45) is 0 Å². The maximum Gasteiger partial charge on any atom is 0.242 e. The van der Waals surface area contributed by atoms with Crippen LogP contribution in [0.2, 0.25) is 10.0 Å². The molecule has 3 rings (SSSR count). The van der Waals surface area contributed by atoms with E-state index in [-0.39, 0.29) is 18.2 Å². The predicted molar refractivity (Wildman–Crippen MR) is 95.7 cm³/mol. The first-order valence-electron chi connectivity index (χ1n) is 7.22. The third-order valence-corrected chi connectivity index (χ3v) is 5.32. The van der Waals surface area contributed by atoms with E-state index in [1.165, 1.54) is 6.07 Å². The first-order valence-corrected chi connectivity index (χ1v) is 9.63. The van der Waals surface area contributed by atoms with E-state index in [0.29, 0.717) is 21.4 Å². The van der Waals surface area contributed by atoms with E-state index in [2.05, 4.69) is 14.9 Å². The van der Waals surface area contributed by atoms with Crippen LogP contribution in [0.5, 0.6) is 0 Å². The molecule has 6 nitrogen and oxygen atoms in total. The monoisotopic (exact) mass is 397 g/mol. The van der Waals surface area contributed by atoms with Crippen LogP contribution in [0, 0.1) is 0 Å². The second-order valence-electron chi connectivity index (χ2n) is 5.21. The SMILES string of the molecule is O=S(=O)(Cc1ccc(Cl)c(Cl)c1)NCc1nc(-c2ccccc2)no1. The molecular weight excluding hydrogens is 385 g/mol. The average Bonchev–Trinajstić information content (AvgIpc) is 3.06. The quantitative estimate of drug-likeness (QED) is 0.685. The molecule has 0 unspecified atom stereocenters. The Morgan fingerprint density at radius 2 is 1.80 bits per heavy atom. The minimum atomic E-state index is -3.60. The van der Waals surface area contributed by atoms with Gasteiger partial charge < -0.3 is 4.52 Å². The fourth-order valence-corrected chi connectivity index (χ4v) is 3.49. The van der Waals surface area contributed by atoms with Gasteiger partial charge in [-0.1, -0.05) is 64.8 Å². The molecular formula is C16H13Cl2N3O3S. The fourth-order valence-electron chi connectivity index (χ4n) is 2.10. The van der Waals surface area contributed by atoms with Crippen LogP contribution in [0.3, 0.4) is 0 Å². The summed E-state index contributed by atoms with van der Waals surface area (Å²) in [5.74, 6) is 0.347. The molecule has 0 fully saturated rings. The van der Waals surface area contributed by atoms with E-state index < -0.39 is 10.0 Å². The summed E-state index contributed by atoms with van der Waals surface area (Å²) in [6.07, 6.45) is 0. The molecule has 0 bridgehead atoms. The Kier molecular flexibility index (Phi) is 5.39. The normalized spacial score (nSPS) is 11.6. The van der Waals surface area contributed by atoms with Crippen LogP contribution in [-0.4, -0.2) is 18.6 Å². The molecule has 0 radical (unpaired) electrons. The summed E-state index contributed by atoms with van der Waals surface area (Å²) in [5.41, 5.74) is 1.31. The Balaban J connectivity index is 1.64. The zero-order chi connectivity index (χ0) is 17.9. The maximum absolute atomic E-state index is 12.2. The van der Waals surface area contributed by atoms with Gasteiger partial charge in [0.15, 0.2) is 0 Å². The molecule has 0 aliphatic rings. The number of aromatic nitrogens is 2. The molecule has 3 aromatic rings. The summed E-state index contributed by atoms with van der Waals surface area (Å²) in [6, 6.07) is 13.9. The van der Waals surface area contributed by atoms with Crippen molar-refractivity contribution in [3.8, 4) is 11.4 Å². The minimum absolute atomic E-state index is 0.0938. The molecule has 0 saturated heterocycles. The molecule has 0 aliphatic heterocycles. The first kappa shape index (κ1) is 17.9. The third-order valence-electron chi connectivity index (χ3n) is 3.28. The molecule has 0 aliphatic carbocycles. The topological polar surface area (TPSA) is 85.1 Å². The van der Waals surface area contributed by atoms with Crippen LogP contribution in [0.25, 0.3) is 11.4 Å². The number of nitrogens with one attached hydrogen (secondary N) is 1. The van der Waals surface area contributed by atoms with Gasteiger partial charge in [0.1, 0.15) is 0 Å². The Bertz CT molecular complexity index is 975. The molecule has 9 heteroatoms. The highest BCUT2D eigenvalue weighted by Gasteiger charge is 2.15. The van der Waals surface area contributed by atoms with Crippen LogP contribution in [0.15, 0.2) is 53.1 Å². The van der Waals surface area contributed by atoms with Crippen molar-refractivity contribution >= 4 is 33.2 Å². The second kappa shape index (κ2) is 7.53. The van der Waals surface area contributed by atoms with Crippen LogP contribution < -0.4 is 4.72 Å². The summed E-state index contributed by atoms with van der Waals surface area (Å²) in [6.45, 7) is -0.0938. The first-order chi connectivity index (χ1) is 11.9. The Hall–Kier alpha value is -1.93. The summed E-state index contributed by atoms with van der Waals surface area (Å²) in [7, 11) is -3.60. The van der Waals surface area contributed by atoms with Crippen LogP contribution in [0.4, 0.5) is 0 Å². The molecule has 0 saturated carbocycles. The molecule has 1 heterocycles. The van der Waals surface area contributed by atoms with Gasteiger partial charge in [-0.2, -0.15) is 4.98 Å².